The predicted octanol–water partition coefficient (Wildman–Crippen LogP) is 2.34. The Hall–Kier alpha value is -1.67. The number of thiazole rings is 1. The zero-order chi connectivity index (χ0) is 14.1. The summed E-state index contributed by atoms with van der Waals surface area (Å²) in [7, 11) is 0. The third-order valence-corrected chi connectivity index (χ3v) is 4.40. The van der Waals surface area contributed by atoms with Gasteiger partial charge >= 0.3 is 11.7 Å². The summed E-state index contributed by atoms with van der Waals surface area (Å²) < 4.78 is 7.24. The van der Waals surface area contributed by atoms with Crippen molar-refractivity contribution in [2.45, 2.75) is 44.2 Å². The van der Waals surface area contributed by atoms with E-state index >= 15 is 0 Å². The van der Waals surface area contributed by atoms with E-state index in [4.69, 9.17) is 10.5 Å². The lowest BCUT2D eigenvalue weighted by molar-refractivity contribution is -0.391. The van der Waals surface area contributed by atoms with Gasteiger partial charge in [-0.3, -0.25) is 0 Å². The molecule has 0 radical (unpaired) electrons. The van der Waals surface area contributed by atoms with Crippen LogP contribution in [0.3, 0.4) is 0 Å². The third-order valence-electron chi connectivity index (χ3n) is 3.65. The molecule has 3 rings (SSSR count). The van der Waals surface area contributed by atoms with Crippen molar-refractivity contribution in [2.75, 3.05) is 0 Å². The minimum absolute atomic E-state index is 0.0863. The Labute approximate surface area is 119 Å². The van der Waals surface area contributed by atoms with Gasteiger partial charge in [-0.05, 0) is 24.2 Å². The average Bonchev–Trinajstić information content (AvgIpc) is 2.89. The summed E-state index contributed by atoms with van der Waals surface area (Å²) in [5.41, 5.74) is 6.10. The van der Waals surface area contributed by atoms with Gasteiger partial charge in [-0.25, -0.2) is 0 Å². The Bertz CT molecular complexity index is 623. The first-order chi connectivity index (χ1) is 9.66. The average molecular weight is 296 g/mol. The van der Waals surface area contributed by atoms with E-state index in [-0.39, 0.29) is 23.8 Å². The molecule has 0 amide bonds. The quantitative estimate of drug-likeness (QED) is 0.533. The molecule has 1 fully saturated rings. The maximum atomic E-state index is 11.2. The highest BCUT2D eigenvalue weighted by atomic mass is 32.1. The van der Waals surface area contributed by atoms with Gasteiger partial charge in [-0.2, -0.15) is 9.38 Å². The Morgan fingerprint density at radius 3 is 3.05 bits per heavy atom. The van der Waals surface area contributed by atoms with Gasteiger partial charge in [0.05, 0.1) is 0 Å². The van der Waals surface area contributed by atoms with Crippen molar-refractivity contribution in [1.29, 1.82) is 0 Å². The number of ether oxygens (including phenoxy) is 1. The zero-order valence-electron chi connectivity index (χ0n) is 10.9. The number of hydrogen-bond acceptors (Lipinski definition) is 6. The lowest BCUT2D eigenvalue weighted by Crippen LogP contribution is -2.38. The third kappa shape index (κ3) is 2.36. The van der Waals surface area contributed by atoms with Crippen molar-refractivity contribution in [3.8, 4) is 5.88 Å². The van der Waals surface area contributed by atoms with Gasteiger partial charge in [-0.1, -0.05) is 24.2 Å². The molecule has 2 atom stereocenters. The number of aromatic nitrogens is 2. The second-order valence-corrected chi connectivity index (χ2v) is 5.88. The van der Waals surface area contributed by atoms with Gasteiger partial charge in [0.2, 0.25) is 0 Å². The van der Waals surface area contributed by atoms with Crippen molar-refractivity contribution < 1.29 is 9.66 Å². The summed E-state index contributed by atoms with van der Waals surface area (Å²) in [5.74, 6) is -0.0260. The van der Waals surface area contributed by atoms with Gasteiger partial charge in [0, 0.05) is 11.4 Å². The maximum absolute atomic E-state index is 11.2. The molecular formula is C12H16N4O3S. The zero-order valence-corrected chi connectivity index (χ0v) is 11.7. The van der Waals surface area contributed by atoms with Crippen LogP contribution in [0.1, 0.15) is 32.1 Å². The SMILES string of the molecule is NC1CCCCCC1Oc1nc2sccn2c1[N+](=O)[O-]. The Kier molecular flexibility index (Phi) is 3.58. The molecule has 7 nitrogen and oxygen atoms in total. The molecule has 2 heterocycles. The minimum atomic E-state index is -0.454. The van der Waals surface area contributed by atoms with Crippen LogP contribution < -0.4 is 10.5 Å². The van der Waals surface area contributed by atoms with Crippen LogP contribution in [0.25, 0.3) is 4.96 Å². The Balaban J connectivity index is 1.91. The van der Waals surface area contributed by atoms with Gasteiger partial charge < -0.3 is 20.6 Å². The molecule has 0 aliphatic heterocycles. The Morgan fingerprint density at radius 1 is 1.45 bits per heavy atom. The van der Waals surface area contributed by atoms with E-state index in [9.17, 15) is 10.1 Å². The molecule has 2 unspecified atom stereocenters. The highest BCUT2D eigenvalue weighted by molar-refractivity contribution is 7.15. The van der Waals surface area contributed by atoms with Crippen LogP contribution >= 0.6 is 11.3 Å². The van der Waals surface area contributed by atoms with Crippen molar-refractivity contribution in [3.05, 3.63) is 21.7 Å². The first kappa shape index (κ1) is 13.3. The fraction of sp³-hybridized carbons (Fsp3) is 0.583. The molecule has 0 saturated heterocycles. The summed E-state index contributed by atoms with van der Waals surface area (Å²) >= 11 is 1.34. The molecule has 1 aliphatic rings. The van der Waals surface area contributed by atoms with E-state index in [2.05, 4.69) is 4.98 Å². The predicted molar refractivity (Wildman–Crippen MR) is 75.2 cm³/mol. The number of nitrogens with two attached hydrogens (primary N) is 1. The van der Waals surface area contributed by atoms with Crippen LogP contribution in [0.5, 0.6) is 5.88 Å². The van der Waals surface area contributed by atoms with Gasteiger partial charge in [0.25, 0.3) is 4.96 Å². The van der Waals surface area contributed by atoms with E-state index in [1.54, 1.807) is 11.6 Å². The summed E-state index contributed by atoms with van der Waals surface area (Å²) in [4.78, 5) is 15.5. The molecule has 8 heteroatoms. The summed E-state index contributed by atoms with van der Waals surface area (Å²) in [6.07, 6.45) is 6.40. The summed E-state index contributed by atoms with van der Waals surface area (Å²) in [6.45, 7) is 0. The van der Waals surface area contributed by atoms with E-state index in [1.807, 2.05) is 0 Å². The number of imidazole rings is 1. The van der Waals surface area contributed by atoms with Crippen LogP contribution in [0.2, 0.25) is 0 Å². The van der Waals surface area contributed by atoms with Crippen LogP contribution in [0.4, 0.5) is 5.82 Å². The smallest absolute Gasteiger partial charge is 0.393 e. The lowest BCUT2D eigenvalue weighted by atomic mass is 10.1. The number of hydrogen-bond donors (Lipinski definition) is 1. The first-order valence-corrected chi connectivity index (χ1v) is 7.57. The number of fused-ring (bicyclic) bond motifs is 1. The van der Waals surface area contributed by atoms with Crippen LogP contribution in [0.15, 0.2) is 11.6 Å². The molecule has 0 spiro atoms. The molecule has 0 bridgehead atoms. The summed E-state index contributed by atoms with van der Waals surface area (Å²) in [6, 6.07) is -0.0863. The van der Waals surface area contributed by atoms with E-state index in [1.165, 1.54) is 15.7 Å². The molecule has 1 aliphatic carbocycles. The molecule has 1 saturated carbocycles. The molecule has 2 aromatic heterocycles. The van der Waals surface area contributed by atoms with Crippen molar-refractivity contribution in [2.24, 2.45) is 5.73 Å². The van der Waals surface area contributed by atoms with Crippen molar-refractivity contribution >= 4 is 22.1 Å². The van der Waals surface area contributed by atoms with Gasteiger partial charge in [-0.15, -0.1) is 0 Å². The molecule has 20 heavy (non-hydrogen) atoms. The lowest BCUT2D eigenvalue weighted by Gasteiger charge is -2.21. The molecular weight excluding hydrogens is 280 g/mol. The van der Waals surface area contributed by atoms with E-state index in [0.717, 1.165) is 32.1 Å². The van der Waals surface area contributed by atoms with Crippen LogP contribution in [-0.4, -0.2) is 26.5 Å². The maximum Gasteiger partial charge on any atom is 0.393 e. The van der Waals surface area contributed by atoms with Gasteiger partial charge in [0.1, 0.15) is 12.3 Å². The normalized spacial score (nSPS) is 23.6. The number of nitrogens with zero attached hydrogens (tertiary/aromatic N) is 3. The molecule has 2 N–H and O–H groups in total. The van der Waals surface area contributed by atoms with Crippen LogP contribution in [-0.2, 0) is 0 Å². The number of rotatable bonds is 3. The largest absolute Gasteiger partial charge is 0.467 e. The molecule has 2 aromatic rings. The minimum Gasteiger partial charge on any atom is -0.467 e. The second kappa shape index (κ2) is 5.37. The fourth-order valence-corrected chi connectivity index (χ4v) is 3.29. The summed E-state index contributed by atoms with van der Waals surface area (Å²) in [5, 5.41) is 13.0. The first-order valence-electron chi connectivity index (χ1n) is 6.69. The van der Waals surface area contributed by atoms with Crippen LogP contribution in [0, 0.1) is 10.1 Å². The topological polar surface area (TPSA) is 95.7 Å². The molecule has 0 aromatic carbocycles. The van der Waals surface area contributed by atoms with Crippen molar-refractivity contribution in [3.63, 3.8) is 0 Å². The number of nitro groups is 1. The fourth-order valence-electron chi connectivity index (χ4n) is 2.59. The van der Waals surface area contributed by atoms with Gasteiger partial charge in [0.15, 0.2) is 0 Å². The van der Waals surface area contributed by atoms with Crippen molar-refractivity contribution in [1.82, 2.24) is 9.38 Å². The molecule has 108 valence electrons. The van der Waals surface area contributed by atoms with E-state index < -0.39 is 4.92 Å². The monoisotopic (exact) mass is 296 g/mol. The second-order valence-electron chi connectivity index (χ2n) is 5.01. The van der Waals surface area contributed by atoms with E-state index in [0.29, 0.717) is 4.96 Å². The highest BCUT2D eigenvalue weighted by Gasteiger charge is 2.30. The Morgan fingerprint density at radius 2 is 2.25 bits per heavy atom. The highest BCUT2D eigenvalue weighted by Crippen LogP contribution is 2.32. The standard InChI is InChI=1S/C12H16N4O3S/c13-8-4-2-1-3-5-9(8)19-10-11(16(17)18)15-6-7-20-12(15)14-10/h6-9H,1-5,13H2.